The molecule has 66 heavy (non-hydrogen) atoms. The van der Waals surface area contributed by atoms with Crippen LogP contribution in [0.1, 0.15) is 127 Å². The van der Waals surface area contributed by atoms with E-state index in [9.17, 15) is 19.8 Å². The number of aromatic nitrogens is 4. The Morgan fingerprint density at radius 1 is 0.667 bits per heavy atom. The van der Waals surface area contributed by atoms with Crippen LogP contribution >= 0.6 is 0 Å². The van der Waals surface area contributed by atoms with E-state index in [1.807, 2.05) is 50.7 Å². The maximum atomic E-state index is 16.2. The molecular weight excluding hydrogens is 883 g/mol. The number of imidazole rings is 2. The molecule has 366 valence electrons. The van der Waals surface area contributed by atoms with Crippen LogP contribution in [0.15, 0.2) is 24.3 Å². The van der Waals surface area contributed by atoms with Crippen LogP contribution in [0.3, 0.4) is 0 Å². The molecule has 0 radical (unpaired) electrons. The SMILES string of the molecule is CC(C)(C)OC(=O)N1CCCC1c1nc2cc([C@@H](O)CC[C@H](O)c3cc4nc(C5CCCN5C(=O)OC(C)(C)C)n(COCC[Si](C)(C)C)c4cc3F)c(F)cc2n1COCC[Si](C)(C)C. The van der Waals surface area contributed by atoms with E-state index in [1.165, 1.54) is 24.3 Å². The van der Waals surface area contributed by atoms with Gasteiger partial charge in [0.05, 0.1) is 46.4 Å². The molecule has 0 bridgehead atoms. The fourth-order valence-corrected chi connectivity index (χ4v) is 10.0. The predicted molar refractivity (Wildman–Crippen MR) is 257 cm³/mol. The number of rotatable bonds is 17. The third kappa shape index (κ3) is 13.0. The number of likely N-dealkylation sites (tertiary alicyclic amines) is 2. The van der Waals surface area contributed by atoms with Crippen molar-refractivity contribution in [3.8, 4) is 0 Å². The number of carbonyl (C=O) groups excluding carboxylic acids is 2. The van der Waals surface area contributed by atoms with Gasteiger partial charge in [-0.1, -0.05) is 39.3 Å². The highest BCUT2D eigenvalue weighted by Crippen LogP contribution is 2.39. The lowest BCUT2D eigenvalue weighted by Gasteiger charge is -2.28. The van der Waals surface area contributed by atoms with Crippen molar-refractivity contribution >= 4 is 50.4 Å². The summed E-state index contributed by atoms with van der Waals surface area (Å²) in [5.41, 5.74) is 0.356. The maximum Gasteiger partial charge on any atom is 0.410 e. The van der Waals surface area contributed by atoms with Crippen molar-refractivity contribution in [3.63, 3.8) is 0 Å². The van der Waals surface area contributed by atoms with Crippen molar-refractivity contribution in [1.29, 1.82) is 0 Å². The zero-order valence-corrected chi connectivity index (χ0v) is 43.3. The second kappa shape index (κ2) is 20.3. The van der Waals surface area contributed by atoms with Gasteiger partial charge in [0.25, 0.3) is 0 Å². The second-order valence-electron chi connectivity index (χ2n) is 22.5. The first-order chi connectivity index (χ1) is 30.7. The summed E-state index contributed by atoms with van der Waals surface area (Å²) in [6.45, 7) is 26.7. The van der Waals surface area contributed by atoms with Crippen molar-refractivity contribution in [2.75, 3.05) is 26.3 Å². The molecule has 14 nitrogen and oxygen atoms in total. The lowest BCUT2D eigenvalue weighted by Crippen LogP contribution is -2.37. The lowest BCUT2D eigenvalue weighted by molar-refractivity contribution is 0.0196. The molecule has 0 aliphatic carbocycles. The number of hydrogen-bond donors (Lipinski definition) is 2. The normalized spacial score (nSPS) is 18.5. The number of benzene rings is 2. The Balaban J connectivity index is 1.25. The molecule has 4 aromatic rings. The number of aliphatic hydroxyl groups excluding tert-OH is 2. The summed E-state index contributed by atoms with van der Waals surface area (Å²) in [7, 11) is -2.80. The number of nitrogens with zero attached hydrogens (tertiary/aromatic N) is 6. The molecular formula is C48H74F2N6O8Si2. The fraction of sp³-hybridized carbons (Fsp3) is 0.667. The van der Waals surface area contributed by atoms with Gasteiger partial charge in [0, 0.05) is 65.7 Å². The van der Waals surface area contributed by atoms with E-state index in [-0.39, 0.29) is 37.4 Å². The van der Waals surface area contributed by atoms with Gasteiger partial charge < -0.3 is 38.3 Å². The molecule has 2 saturated heterocycles. The Bertz CT molecular complexity index is 2190. The third-order valence-electron chi connectivity index (χ3n) is 12.0. The first-order valence-electron chi connectivity index (χ1n) is 23.6. The number of fused-ring (bicyclic) bond motifs is 2. The predicted octanol–water partition coefficient (Wildman–Crippen LogP) is 11.0. The van der Waals surface area contributed by atoms with Gasteiger partial charge in [0.2, 0.25) is 0 Å². The monoisotopic (exact) mass is 957 g/mol. The largest absolute Gasteiger partial charge is 0.444 e. The highest BCUT2D eigenvalue weighted by molar-refractivity contribution is 6.76. The van der Waals surface area contributed by atoms with Crippen LogP contribution in [0.25, 0.3) is 22.1 Å². The van der Waals surface area contributed by atoms with Crippen molar-refractivity contribution in [2.45, 2.75) is 180 Å². The summed E-state index contributed by atoms with van der Waals surface area (Å²) in [6, 6.07) is 6.69. The van der Waals surface area contributed by atoms with Crippen LogP contribution in [0.5, 0.6) is 0 Å². The topological polar surface area (TPSA) is 154 Å². The molecule has 0 saturated carbocycles. The van der Waals surface area contributed by atoms with Crippen molar-refractivity contribution in [3.05, 3.63) is 58.7 Å². The summed E-state index contributed by atoms with van der Waals surface area (Å²) >= 11 is 0. The van der Waals surface area contributed by atoms with E-state index in [2.05, 4.69) is 39.3 Å². The number of carbonyl (C=O) groups is 2. The molecule has 6 rings (SSSR count). The van der Waals surface area contributed by atoms with Gasteiger partial charge in [-0.25, -0.2) is 28.3 Å². The minimum Gasteiger partial charge on any atom is -0.444 e. The van der Waals surface area contributed by atoms with E-state index in [0.717, 1.165) is 24.9 Å². The van der Waals surface area contributed by atoms with Crippen LogP contribution in [0.2, 0.25) is 51.4 Å². The van der Waals surface area contributed by atoms with Gasteiger partial charge in [0.15, 0.2) is 0 Å². The maximum absolute atomic E-state index is 16.2. The molecule has 2 fully saturated rings. The first-order valence-corrected chi connectivity index (χ1v) is 31.0. The van der Waals surface area contributed by atoms with Gasteiger partial charge in [-0.2, -0.15) is 0 Å². The fourth-order valence-electron chi connectivity index (χ4n) is 8.50. The molecule has 2 amide bonds. The molecule has 2 unspecified atom stereocenters. The number of aliphatic hydroxyl groups is 2. The second-order valence-corrected chi connectivity index (χ2v) is 33.7. The molecule has 4 atom stereocenters. The smallest absolute Gasteiger partial charge is 0.410 e. The molecule has 2 aliphatic heterocycles. The van der Waals surface area contributed by atoms with Crippen molar-refractivity contribution < 1.29 is 47.5 Å². The summed E-state index contributed by atoms with van der Waals surface area (Å²) in [5.74, 6) is -0.245. The lowest BCUT2D eigenvalue weighted by atomic mass is 9.98. The number of hydrogen-bond acceptors (Lipinski definition) is 10. The van der Waals surface area contributed by atoms with Crippen LogP contribution in [-0.4, -0.2) is 105 Å². The van der Waals surface area contributed by atoms with Crippen LogP contribution in [-0.2, 0) is 32.4 Å². The minimum absolute atomic E-state index is 0.0134. The van der Waals surface area contributed by atoms with E-state index in [4.69, 9.17) is 28.9 Å². The van der Waals surface area contributed by atoms with E-state index in [0.29, 0.717) is 72.9 Å². The first kappa shape index (κ1) is 51.4. The van der Waals surface area contributed by atoms with Gasteiger partial charge in [-0.15, -0.1) is 0 Å². The van der Waals surface area contributed by atoms with Gasteiger partial charge in [-0.3, -0.25) is 9.80 Å². The number of halogens is 2. The summed E-state index contributed by atoms with van der Waals surface area (Å²) < 4.78 is 59.7. The summed E-state index contributed by atoms with van der Waals surface area (Å²) in [5, 5.41) is 22.9. The van der Waals surface area contributed by atoms with E-state index in [1.54, 1.807) is 9.80 Å². The minimum atomic E-state index is -1.40. The Hall–Kier alpha value is -3.95. The molecule has 18 heteroatoms. The highest BCUT2D eigenvalue weighted by Gasteiger charge is 2.38. The Morgan fingerprint density at radius 3 is 1.36 bits per heavy atom. The standard InChI is InChI=1S/C48H74F2N6O8Si2/c1-47(2,3)63-45(59)53-19-13-15-37(53)43-51-35-25-31(33(49)27-39(35)55(43)29-61-21-23-65(7,8)9)41(57)17-18-42(58)32-26-36-40(28-34(32)50)56(30-62-22-24-66(10,11)12)44(52-36)38-16-14-20-54(38)46(60)64-48(4,5)6/h25-28,37-38,41-42,57-58H,13-24,29-30H2,1-12H3/t37?,38?,41-,42-/m0/s1. The van der Waals surface area contributed by atoms with Crippen LogP contribution in [0, 0.1) is 11.6 Å². The molecule has 2 aliphatic rings. The molecule has 2 aromatic carbocycles. The van der Waals surface area contributed by atoms with E-state index < -0.39 is 75.5 Å². The van der Waals surface area contributed by atoms with Gasteiger partial charge in [-0.05, 0) is 104 Å². The van der Waals surface area contributed by atoms with Crippen molar-refractivity contribution in [2.24, 2.45) is 0 Å². The number of ether oxygens (including phenoxy) is 4. The molecule has 2 aromatic heterocycles. The summed E-state index contributed by atoms with van der Waals surface area (Å²) in [4.78, 5) is 39.9. The molecule has 4 heterocycles. The zero-order chi connectivity index (χ0) is 48.5. The quantitative estimate of drug-likeness (QED) is 0.0772. The molecule has 0 spiro atoms. The zero-order valence-electron chi connectivity index (χ0n) is 41.3. The van der Waals surface area contributed by atoms with Crippen molar-refractivity contribution in [1.82, 2.24) is 28.9 Å². The Labute approximate surface area is 391 Å². The van der Waals surface area contributed by atoms with E-state index >= 15 is 8.78 Å². The third-order valence-corrected chi connectivity index (χ3v) is 15.4. The Morgan fingerprint density at radius 2 is 1.03 bits per heavy atom. The average molecular weight is 957 g/mol. The number of amides is 2. The molecule has 2 N–H and O–H groups in total. The van der Waals surface area contributed by atoms with Crippen LogP contribution in [0.4, 0.5) is 18.4 Å². The Kier molecular flexibility index (Phi) is 15.9. The summed E-state index contributed by atoms with van der Waals surface area (Å²) in [6.07, 6.45) is -1.07. The van der Waals surface area contributed by atoms with Gasteiger partial charge >= 0.3 is 12.2 Å². The van der Waals surface area contributed by atoms with Crippen LogP contribution < -0.4 is 0 Å². The van der Waals surface area contributed by atoms with Gasteiger partial charge in [0.1, 0.15) is 47.9 Å². The average Bonchev–Trinajstić information content (AvgIpc) is 4.00. The highest BCUT2D eigenvalue weighted by atomic mass is 28.3.